The number of rotatable bonds is 1. The van der Waals surface area contributed by atoms with Crippen LogP contribution in [0.1, 0.15) is 35.2 Å². The Bertz CT molecular complexity index is 556. The zero-order valence-electron chi connectivity index (χ0n) is 11.3. The number of nitrogens with zero attached hydrogens (tertiary/aromatic N) is 2. The molecule has 0 unspecified atom stereocenters. The fourth-order valence-electron chi connectivity index (χ4n) is 3.32. The van der Waals surface area contributed by atoms with Gasteiger partial charge in [0, 0.05) is 24.1 Å². The molecule has 2 aliphatic rings. The highest BCUT2D eigenvalue weighted by molar-refractivity contribution is 5.97. The third-order valence-corrected chi connectivity index (χ3v) is 4.50. The smallest absolute Gasteiger partial charge is 0.254 e. The number of piperidine rings is 1. The third kappa shape index (κ3) is 2.13. The van der Waals surface area contributed by atoms with Crippen LogP contribution in [0, 0.1) is 5.92 Å². The zero-order valence-corrected chi connectivity index (χ0v) is 11.3. The maximum Gasteiger partial charge on any atom is 0.254 e. The lowest BCUT2D eigenvalue weighted by Crippen LogP contribution is -2.49. The number of benzene rings is 1. The van der Waals surface area contributed by atoms with Crippen molar-refractivity contribution in [3.8, 4) is 0 Å². The van der Waals surface area contributed by atoms with E-state index >= 15 is 0 Å². The Morgan fingerprint density at radius 1 is 1.30 bits per heavy atom. The highest BCUT2D eigenvalue weighted by Gasteiger charge is 2.36. The van der Waals surface area contributed by atoms with Gasteiger partial charge < -0.3 is 15.8 Å². The second-order valence-electron chi connectivity index (χ2n) is 5.61. The van der Waals surface area contributed by atoms with Crippen LogP contribution >= 0.6 is 0 Å². The van der Waals surface area contributed by atoms with Gasteiger partial charge in [0.05, 0.1) is 0 Å². The molecule has 2 atom stereocenters. The monoisotopic (exact) mass is 273 g/mol. The highest BCUT2D eigenvalue weighted by Crippen LogP contribution is 2.30. The van der Waals surface area contributed by atoms with Crippen molar-refractivity contribution >= 4 is 11.7 Å². The van der Waals surface area contributed by atoms with E-state index < -0.39 is 0 Å². The van der Waals surface area contributed by atoms with Crippen LogP contribution in [0.25, 0.3) is 0 Å². The van der Waals surface area contributed by atoms with Crippen molar-refractivity contribution in [3.63, 3.8) is 0 Å². The molecule has 2 heterocycles. The number of hydrogen-bond acceptors (Lipinski definition) is 3. The minimum absolute atomic E-state index is 0.0366. The van der Waals surface area contributed by atoms with Gasteiger partial charge in [-0.3, -0.25) is 4.79 Å². The van der Waals surface area contributed by atoms with Gasteiger partial charge in [-0.05, 0) is 37.3 Å². The van der Waals surface area contributed by atoms with E-state index in [0.717, 1.165) is 36.8 Å². The third-order valence-electron chi connectivity index (χ3n) is 4.50. The summed E-state index contributed by atoms with van der Waals surface area (Å²) in [6.07, 6.45) is 3.73. The van der Waals surface area contributed by atoms with E-state index in [2.05, 4.69) is 5.16 Å². The normalized spacial score (nSPS) is 26.7. The number of amides is 1. The SMILES string of the molecule is NC(=NO)[C@H]1CC[C@@H]2CCc3ccccc3C(=O)N2C1. The zero-order chi connectivity index (χ0) is 14.1. The number of hydrogen-bond donors (Lipinski definition) is 2. The van der Waals surface area contributed by atoms with Gasteiger partial charge in [-0.15, -0.1) is 0 Å². The van der Waals surface area contributed by atoms with Crippen molar-refractivity contribution in [1.82, 2.24) is 4.90 Å². The molecule has 0 bridgehead atoms. The van der Waals surface area contributed by atoms with Crippen LogP contribution in [0.2, 0.25) is 0 Å². The number of fused-ring (bicyclic) bond motifs is 2. The molecule has 0 aromatic heterocycles. The molecule has 2 aliphatic heterocycles. The molecular weight excluding hydrogens is 254 g/mol. The highest BCUT2D eigenvalue weighted by atomic mass is 16.4. The van der Waals surface area contributed by atoms with Gasteiger partial charge in [-0.25, -0.2) is 0 Å². The summed E-state index contributed by atoms with van der Waals surface area (Å²) < 4.78 is 0. The summed E-state index contributed by atoms with van der Waals surface area (Å²) in [6.45, 7) is 0.549. The van der Waals surface area contributed by atoms with Crippen LogP contribution in [0.4, 0.5) is 0 Å². The molecule has 0 radical (unpaired) electrons. The first-order valence-electron chi connectivity index (χ1n) is 7.07. The van der Waals surface area contributed by atoms with Gasteiger partial charge in [-0.2, -0.15) is 0 Å². The maximum absolute atomic E-state index is 12.7. The van der Waals surface area contributed by atoms with Gasteiger partial charge in [-0.1, -0.05) is 23.4 Å². The van der Waals surface area contributed by atoms with Gasteiger partial charge in [0.1, 0.15) is 5.84 Å². The molecule has 3 N–H and O–H groups in total. The Balaban J connectivity index is 1.90. The van der Waals surface area contributed by atoms with Gasteiger partial charge in [0.2, 0.25) is 0 Å². The van der Waals surface area contributed by atoms with Crippen molar-refractivity contribution in [1.29, 1.82) is 0 Å². The molecular formula is C15H19N3O2. The lowest BCUT2D eigenvalue weighted by atomic mass is 9.90. The van der Waals surface area contributed by atoms with E-state index in [0.29, 0.717) is 6.54 Å². The van der Waals surface area contributed by atoms with Crippen LogP contribution in [-0.2, 0) is 6.42 Å². The maximum atomic E-state index is 12.7. The summed E-state index contributed by atoms with van der Waals surface area (Å²) in [5, 5.41) is 11.9. The Kier molecular flexibility index (Phi) is 3.34. The Hall–Kier alpha value is -2.04. The van der Waals surface area contributed by atoms with E-state index in [4.69, 9.17) is 10.9 Å². The Morgan fingerprint density at radius 2 is 2.10 bits per heavy atom. The molecule has 3 rings (SSSR count). The quantitative estimate of drug-likeness (QED) is 0.353. The van der Waals surface area contributed by atoms with E-state index in [1.165, 1.54) is 0 Å². The number of oxime groups is 1. The number of carbonyl (C=O) groups is 1. The summed E-state index contributed by atoms with van der Waals surface area (Å²) in [7, 11) is 0. The first-order valence-corrected chi connectivity index (χ1v) is 7.07. The van der Waals surface area contributed by atoms with Crippen LogP contribution in [-0.4, -0.2) is 34.4 Å². The lowest BCUT2D eigenvalue weighted by molar-refractivity contribution is 0.0578. The van der Waals surface area contributed by atoms with E-state index in [1.54, 1.807) is 0 Å². The van der Waals surface area contributed by atoms with Crippen molar-refractivity contribution < 1.29 is 10.0 Å². The Morgan fingerprint density at radius 3 is 2.90 bits per heavy atom. The summed E-state index contributed by atoms with van der Waals surface area (Å²) in [4.78, 5) is 14.6. The molecule has 20 heavy (non-hydrogen) atoms. The molecule has 1 aromatic carbocycles. The summed E-state index contributed by atoms with van der Waals surface area (Å²) in [6, 6.07) is 8.09. The van der Waals surface area contributed by atoms with E-state index in [-0.39, 0.29) is 23.7 Å². The topological polar surface area (TPSA) is 78.9 Å². The molecule has 106 valence electrons. The van der Waals surface area contributed by atoms with Crippen LogP contribution in [0.5, 0.6) is 0 Å². The fourth-order valence-corrected chi connectivity index (χ4v) is 3.32. The summed E-state index contributed by atoms with van der Waals surface area (Å²) >= 11 is 0. The first-order chi connectivity index (χ1) is 9.70. The molecule has 1 saturated heterocycles. The first kappa shape index (κ1) is 13.0. The standard InChI is InChI=1S/C15H19N3O2/c16-14(17-20)11-6-8-12-7-5-10-3-1-2-4-13(10)15(19)18(12)9-11/h1-4,11-12,20H,5-9H2,(H2,16,17)/t11-,12-/m0/s1. The summed E-state index contributed by atoms with van der Waals surface area (Å²) in [5.41, 5.74) is 7.64. The predicted molar refractivity (Wildman–Crippen MR) is 75.7 cm³/mol. The molecule has 1 fully saturated rings. The second kappa shape index (κ2) is 5.15. The van der Waals surface area contributed by atoms with Crippen molar-refractivity contribution in [3.05, 3.63) is 35.4 Å². The molecule has 5 heteroatoms. The van der Waals surface area contributed by atoms with Crippen molar-refractivity contribution in [2.45, 2.75) is 31.7 Å². The minimum Gasteiger partial charge on any atom is -0.409 e. The number of aryl methyl sites for hydroxylation is 1. The van der Waals surface area contributed by atoms with Gasteiger partial charge in [0.15, 0.2) is 0 Å². The Labute approximate surface area is 118 Å². The average molecular weight is 273 g/mol. The predicted octanol–water partition coefficient (Wildman–Crippen LogP) is 1.60. The van der Waals surface area contributed by atoms with Crippen molar-refractivity contribution in [2.24, 2.45) is 16.8 Å². The van der Waals surface area contributed by atoms with Gasteiger partial charge >= 0.3 is 0 Å². The van der Waals surface area contributed by atoms with E-state index in [1.807, 2.05) is 29.2 Å². The molecule has 0 aliphatic carbocycles. The number of amidine groups is 1. The number of carbonyl (C=O) groups excluding carboxylic acids is 1. The molecule has 5 nitrogen and oxygen atoms in total. The largest absolute Gasteiger partial charge is 0.409 e. The van der Waals surface area contributed by atoms with Crippen LogP contribution < -0.4 is 5.73 Å². The second-order valence-corrected chi connectivity index (χ2v) is 5.61. The molecule has 0 saturated carbocycles. The minimum atomic E-state index is -0.0366. The van der Waals surface area contributed by atoms with Crippen molar-refractivity contribution in [2.75, 3.05) is 6.54 Å². The van der Waals surface area contributed by atoms with E-state index in [9.17, 15) is 4.79 Å². The fraction of sp³-hybridized carbons (Fsp3) is 0.467. The number of nitrogens with two attached hydrogens (primary N) is 1. The van der Waals surface area contributed by atoms with Crippen LogP contribution in [0.3, 0.4) is 0 Å². The van der Waals surface area contributed by atoms with Crippen LogP contribution in [0.15, 0.2) is 29.4 Å². The summed E-state index contributed by atoms with van der Waals surface area (Å²) in [5.74, 6) is 0.276. The van der Waals surface area contributed by atoms with Gasteiger partial charge in [0.25, 0.3) is 5.91 Å². The molecule has 1 aromatic rings. The average Bonchev–Trinajstić information content (AvgIpc) is 2.64. The molecule has 0 spiro atoms. The lowest BCUT2D eigenvalue weighted by Gasteiger charge is -2.38. The molecule has 1 amide bonds.